The summed E-state index contributed by atoms with van der Waals surface area (Å²) in [6.07, 6.45) is 0.417. The molecule has 0 saturated carbocycles. The molecule has 0 N–H and O–H groups in total. The number of nitrogens with zero attached hydrogens (tertiary/aromatic N) is 3. The molecule has 0 spiro atoms. The van der Waals surface area contributed by atoms with Crippen LogP contribution in [0.2, 0.25) is 0 Å². The first-order valence-electron chi connectivity index (χ1n) is 15.5. The number of amides is 1. The second kappa shape index (κ2) is 10.6. The molecule has 4 aliphatic rings. The van der Waals surface area contributed by atoms with Crippen LogP contribution in [0.4, 0.5) is 18.0 Å². The summed E-state index contributed by atoms with van der Waals surface area (Å²) in [4.78, 5) is 41.7. The molecule has 0 bridgehead atoms. The molecular weight excluding hydrogens is 647 g/mol. The van der Waals surface area contributed by atoms with Gasteiger partial charge < -0.3 is 19.1 Å². The van der Waals surface area contributed by atoms with Crippen molar-refractivity contribution in [3.05, 3.63) is 98.0 Å². The number of fused-ring (bicyclic) bond motifs is 4. The predicted molar refractivity (Wildman–Crippen MR) is 170 cm³/mol. The molecule has 0 unspecified atom stereocenters. The molecule has 48 heavy (non-hydrogen) atoms. The van der Waals surface area contributed by atoms with Crippen LogP contribution in [0.25, 0.3) is 21.6 Å². The van der Waals surface area contributed by atoms with Crippen LogP contribution >= 0.6 is 11.3 Å². The highest BCUT2D eigenvalue weighted by atomic mass is 32.1. The molecule has 248 valence electrons. The van der Waals surface area contributed by atoms with Crippen LogP contribution < -0.4 is 15.2 Å². The Kier molecular flexibility index (Phi) is 6.75. The average Bonchev–Trinajstić information content (AvgIpc) is 3.41. The largest absolute Gasteiger partial charge is 0.510 e. The Hall–Kier alpha value is -4.78. The standard InChI is InChI=1S/C35H30F3N3O6S/c1-34(2)11-13-39-24(15-34)41(40-12-10-23(42)30(29(40)32(39)43)46-17-47-33(44)45-3)28-19-6-4-5-7-20(19)31-25-18(16-48-31)14-35(37,38)27-22(36)9-8-21(28)26(25)27/h4-10,12,16,24,28H,11,13-15,17H2,1-3H3/t24-,28-/m1/s1. The molecule has 2 atom stereocenters. The zero-order chi connectivity index (χ0) is 33.7. The van der Waals surface area contributed by atoms with Crippen molar-refractivity contribution in [2.75, 3.05) is 25.5 Å². The molecule has 2 aliphatic heterocycles. The van der Waals surface area contributed by atoms with Crippen molar-refractivity contribution >= 4 is 23.4 Å². The predicted octanol–water partition coefficient (Wildman–Crippen LogP) is 6.79. The fraction of sp³-hybridized carbons (Fsp3) is 0.343. The molecule has 8 rings (SSSR count). The third kappa shape index (κ3) is 4.39. The lowest BCUT2D eigenvalue weighted by Crippen LogP contribution is -2.65. The van der Waals surface area contributed by atoms with E-state index < -0.39 is 60.2 Å². The quantitative estimate of drug-likeness (QED) is 0.174. The fourth-order valence-electron chi connectivity index (χ4n) is 7.73. The Morgan fingerprint density at radius 2 is 1.85 bits per heavy atom. The second-order valence-electron chi connectivity index (χ2n) is 13.3. The number of hydrogen-bond donors (Lipinski definition) is 0. The van der Waals surface area contributed by atoms with Gasteiger partial charge in [0.05, 0.1) is 18.7 Å². The highest BCUT2D eigenvalue weighted by Gasteiger charge is 2.52. The van der Waals surface area contributed by atoms with E-state index in [-0.39, 0.29) is 22.4 Å². The van der Waals surface area contributed by atoms with Crippen molar-refractivity contribution in [2.45, 2.75) is 51.2 Å². The summed E-state index contributed by atoms with van der Waals surface area (Å²) >= 11 is 1.35. The number of aromatic nitrogens is 1. The van der Waals surface area contributed by atoms with Gasteiger partial charge in [-0.2, -0.15) is 0 Å². The first-order chi connectivity index (χ1) is 22.9. The number of hydrogen-bond acceptors (Lipinski definition) is 8. The Morgan fingerprint density at radius 1 is 1.06 bits per heavy atom. The minimum absolute atomic E-state index is 0.106. The molecule has 4 heterocycles. The van der Waals surface area contributed by atoms with Gasteiger partial charge >= 0.3 is 6.16 Å². The van der Waals surface area contributed by atoms with Crippen molar-refractivity contribution in [3.8, 4) is 27.3 Å². The maximum atomic E-state index is 15.9. The van der Waals surface area contributed by atoms with E-state index in [0.29, 0.717) is 36.1 Å². The number of carbonyl (C=O) groups is 2. The van der Waals surface area contributed by atoms with E-state index in [2.05, 4.69) is 18.6 Å². The molecular formula is C35H30F3N3O6S. The number of pyridine rings is 1. The monoisotopic (exact) mass is 677 g/mol. The molecule has 2 aromatic carbocycles. The smallest absolute Gasteiger partial charge is 0.451 e. The van der Waals surface area contributed by atoms with E-state index in [1.165, 1.54) is 23.6 Å². The van der Waals surface area contributed by atoms with Gasteiger partial charge in [-0.1, -0.05) is 44.2 Å². The topological polar surface area (TPSA) is 90.3 Å². The summed E-state index contributed by atoms with van der Waals surface area (Å²) in [5.74, 6) is -5.24. The molecule has 4 aromatic rings. The molecule has 1 fully saturated rings. The molecule has 13 heteroatoms. The average molecular weight is 678 g/mol. The van der Waals surface area contributed by atoms with Gasteiger partial charge in [0, 0.05) is 41.2 Å². The number of piperidine rings is 1. The number of methoxy groups -OCH3 is 1. The number of rotatable bonds is 4. The summed E-state index contributed by atoms with van der Waals surface area (Å²) in [5, 5.41) is 3.67. The SMILES string of the molecule is COC(=O)OCOc1c2n(ccc1=O)N([C@@H]1c3ccccc3-c3scc4c3-c3c1ccc(F)c3C(F)(F)C4)[C@@H]1CC(C)(C)CCN1C2=O. The number of halogens is 3. The highest BCUT2D eigenvalue weighted by Crippen LogP contribution is 2.58. The third-order valence-corrected chi connectivity index (χ3v) is 10.9. The van der Waals surface area contributed by atoms with E-state index in [1.807, 2.05) is 29.3 Å². The highest BCUT2D eigenvalue weighted by molar-refractivity contribution is 7.14. The van der Waals surface area contributed by atoms with Gasteiger partial charge in [-0.15, -0.1) is 11.3 Å². The van der Waals surface area contributed by atoms with Crippen LogP contribution in [0.3, 0.4) is 0 Å². The van der Waals surface area contributed by atoms with Crippen LogP contribution in [0.15, 0.2) is 58.8 Å². The minimum Gasteiger partial charge on any atom is -0.451 e. The van der Waals surface area contributed by atoms with E-state index >= 15 is 13.2 Å². The van der Waals surface area contributed by atoms with Crippen molar-refractivity contribution in [3.63, 3.8) is 0 Å². The van der Waals surface area contributed by atoms with E-state index in [0.717, 1.165) is 29.2 Å². The lowest BCUT2D eigenvalue weighted by molar-refractivity contribution is -0.00827. The minimum atomic E-state index is -3.46. The molecule has 1 amide bonds. The number of benzene rings is 2. The Labute approximate surface area is 277 Å². The molecule has 9 nitrogen and oxygen atoms in total. The van der Waals surface area contributed by atoms with Gasteiger partial charge in [-0.25, -0.2) is 18.0 Å². The zero-order valence-electron chi connectivity index (χ0n) is 26.2. The van der Waals surface area contributed by atoms with Crippen LogP contribution in [-0.2, 0) is 21.8 Å². The first kappa shape index (κ1) is 30.5. The zero-order valence-corrected chi connectivity index (χ0v) is 27.0. The molecule has 2 aromatic heterocycles. The van der Waals surface area contributed by atoms with Crippen molar-refractivity contribution in [1.29, 1.82) is 0 Å². The molecule has 0 radical (unpaired) electrons. The fourth-order valence-corrected chi connectivity index (χ4v) is 8.85. The molecule has 1 saturated heterocycles. The van der Waals surface area contributed by atoms with Gasteiger partial charge in [0.15, 0.2) is 5.69 Å². The molecule has 2 aliphatic carbocycles. The summed E-state index contributed by atoms with van der Waals surface area (Å²) in [5.41, 5.74) is 1.67. The maximum Gasteiger partial charge on any atom is 0.510 e. The van der Waals surface area contributed by atoms with Gasteiger partial charge in [0.2, 0.25) is 18.0 Å². The first-order valence-corrected chi connectivity index (χ1v) is 16.4. The Morgan fingerprint density at radius 3 is 2.65 bits per heavy atom. The van der Waals surface area contributed by atoms with Crippen LogP contribution in [-0.4, -0.2) is 48.3 Å². The van der Waals surface area contributed by atoms with Crippen molar-refractivity contribution in [2.24, 2.45) is 5.41 Å². The lowest BCUT2D eigenvalue weighted by Gasteiger charge is -2.55. The Bertz CT molecular complexity index is 2090. The van der Waals surface area contributed by atoms with Gasteiger partial charge in [0.25, 0.3) is 11.8 Å². The van der Waals surface area contributed by atoms with Crippen molar-refractivity contribution in [1.82, 2.24) is 9.58 Å². The number of thiophene rings is 1. The van der Waals surface area contributed by atoms with E-state index in [9.17, 15) is 14.4 Å². The summed E-state index contributed by atoms with van der Waals surface area (Å²) in [6.45, 7) is 3.87. The van der Waals surface area contributed by atoms with Crippen LogP contribution in [0.5, 0.6) is 5.75 Å². The number of ether oxygens (including phenoxy) is 3. The lowest BCUT2D eigenvalue weighted by atomic mass is 9.78. The Balaban J connectivity index is 1.42. The van der Waals surface area contributed by atoms with Gasteiger partial charge in [-0.3, -0.25) is 19.3 Å². The number of alkyl halides is 2. The normalized spacial score (nSPS) is 20.9. The van der Waals surface area contributed by atoms with Crippen LogP contribution in [0.1, 0.15) is 65.5 Å². The van der Waals surface area contributed by atoms with Gasteiger partial charge in [0.1, 0.15) is 12.0 Å². The second-order valence-corrected chi connectivity index (χ2v) is 14.1. The van der Waals surface area contributed by atoms with Gasteiger partial charge in [-0.05, 0) is 52.0 Å². The van der Waals surface area contributed by atoms with E-state index in [4.69, 9.17) is 9.47 Å². The third-order valence-electron chi connectivity index (χ3n) is 9.87. The maximum absolute atomic E-state index is 15.9. The summed E-state index contributed by atoms with van der Waals surface area (Å²) < 4.78 is 64.1. The van der Waals surface area contributed by atoms with Crippen molar-refractivity contribution < 1.29 is 37.0 Å². The summed E-state index contributed by atoms with van der Waals surface area (Å²) in [6, 6.07) is 10.7. The summed E-state index contributed by atoms with van der Waals surface area (Å²) in [7, 11) is 1.12. The van der Waals surface area contributed by atoms with E-state index in [1.54, 1.807) is 21.0 Å². The number of carbonyl (C=O) groups excluding carboxylic acids is 2. The van der Waals surface area contributed by atoms with Crippen LogP contribution in [0, 0.1) is 11.2 Å².